The molecule has 4 N–H and O–H groups in total. The Bertz CT molecular complexity index is 1390. The van der Waals surface area contributed by atoms with Crippen molar-refractivity contribution < 1.29 is 29.6 Å². The van der Waals surface area contributed by atoms with Crippen molar-refractivity contribution in [2.75, 3.05) is 6.26 Å². The molecule has 0 saturated heterocycles. The third-order valence-corrected chi connectivity index (χ3v) is 6.61. The van der Waals surface area contributed by atoms with Gasteiger partial charge >= 0.3 is 5.97 Å². The second kappa shape index (κ2) is 9.71. The first kappa shape index (κ1) is 24.2. The summed E-state index contributed by atoms with van der Waals surface area (Å²) in [6.07, 6.45) is 2.50. The number of carbonyl (C=O) groups is 2. The maximum absolute atomic E-state index is 13.1. The van der Waals surface area contributed by atoms with Crippen molar-refractivity contribution in [3.8, 4) is 34.1 Å². The largest absolute Gasteiger partial charge is 0.504 e. The minimum atomic E-state index is -0.649. The normalized spacial score (nSPS) is 14.3. The number of ether oxygens (including phenoxy) is 1. The van der Waals surface area contributed by atoms with Crippen LogP contribution in [0.5, 0.6) is 23.0 Å². The zero-order valence-electron chi connectivity index (χ0n) is 19.0. The van der Waals surface area contributed by atoms with E-state index < -0.39 is 35.2 Å². The maximum Gasteiger partial charge on any atom is 0.308 e. The van der Waals surface area contributed by atoms with E-state index in [2.05, 4.69) is 5.32 Å². The van der Waals surface area contributed by atoms with E-state index in [1.807, 2.05) is 0 Å². The summed E-state index contributed by atoms with van der Waals surface area (Å²) in [5.74, 6) is -2.15. The van der Waals surface area contributed by atoms with E-state index in [1.54, 1.807) is 18.4 Å². The Labute approximate surface area is 205 Å². The molecule has 35 heavy (non-hydrogen) atoms. The standard InChI is InChI=1S/C26H23NO7S/c1-13(28)34-16-6-3-14(4-7-16)26(33)27-19-9-5-15-11-21(30)24(31)25(32)23(15)17-8-10-22(35-2)20(29)12-18(17)19/h3-4,6-8,10-12,19,30-32H,5,9H2,1-2H3,(H,27,33)/t19-/m0/s1. The van der Waals surface area contributed by atoms with Gasteiger partial charge in [0.1, 0.15) is 5.75 Å². The highest BCUT2D eigenvalue weighted by atomic mass is 32.2. The minimum absolute atomic E-state index is 0.241. The van der Waals surface area contributed by atoms with Gasteiger partial charge in [0.25, 0.3) is 5.91 Å². The molecule has 4 rings (SSSR count). The minimum Gasteiger partial charge on any atom is -0.504 e. The number of carbonyl (C=O) groups excluding carboxylic acids is 2. The van der Waals surface area contributed by atoms with E-state index in [4.69, 9.17) is 4.74 Å². The number of amides is 1. The number of hydrogen-bond donors (Lipinski definition) is 4. The van der Waals surface area contributed by atoms with Crippen molar-refractivity contribution in [2.45, 2.75) is 30.7 Å². The van der Waals surface area contributed by atoms with Crippen LogP contribution in [0, 0.1) is 0 Å². The molecule has 0 aromatic heterocycles. The number of benzene rings is 2. The Hall–Kier alpha value is -3.98. The molecule has 1 atom stereocenters. The first-order valence-electron chi connectivity index (χ1n) is 10.8. The lowest BCUT2D eigenvalue weighted by molar-refractivity contribution is -0.131. The van der Waals surface area contributed by atoms with Crippen LogP contribution in [0.25, 0.3) is 11.1 Å². The van der Waals surface area contributed by atoms with Gasteiger partial charge in [0, 0.05) is 18.1 Å². The summed E-state index contributed by atoms with van der Waals surface area (Å²) in [6, 6.07) is 11.6. The highest BCUT2D eigenvalue weighted by molar-refractivity contribution is 7.98. The fourth-order valence-corrected chi connectivity index (χ4v) is 4.66. The molecule has 1 aliphatic rings. The molecule has 3 aromatic carbocycles. The van der Waals surface area contributed by atoms with E-state index in [0.29, 0.717) is 51.3 Å². The number of phenolic OH excluding ortho intramolecular Hbond substituents is 3. The Morgan fingerprint density at radius 3 is 2.40 bits per heavy atom. The second-order valence-electron chi connectivity index (χ2n) is 8.09. The van der Waals surface area contributed by atoms with Gasteiger partial charge in [0.15, 0.2) is 16.9 Å². The van der Waals surface area contributed by atoms with Crippen molar-refractivity contribution in [2.24, 2.45) is 0 Å². The van der Waals surface area contributed by atoms with Crippen LogP contribution < -0.4 is 15.5 Å². The predicted octanol–water partition coefficient (Wildman–Crippen LogP) is 3.90. The summed E-state index contributed by atoms with van der Waals surface area (Å²) < 4.78 is 5.00. The first-order valence-corrected chi connectivity index (χ1v) is 12.0. The number of rotatable bonds is 4. The lowest BCUT2D eigenvalue weighted by atomic mass is 9.95. The molecule has 180 valence electrons. The average Bonchev–Trinajstić information content (AvgIpc) is 3.06. The highest BCUT2D eigenvalue weighted by Crippen LogP contribution is 2.48. The molecule has 3 aromatic rings. The second-order valence-corrected chi connectivity index (χ2v) is 8.94. The SMILES string of the molecule is CSc1ccc2c(cc1=O)[C@@H](NC(=O)c1ccc(OC(C)=O)cc1)CCc1cc(O)c(O)c(O)c1-2. The van der Waals surface area contributed by atoms with Crippen LogP contribution >= 0.6 is 11.8 Å². The number of esters is 1. The lowest BCUT2D eigenvalue weighted by Crippen LogP contribution is -2.29. The molecule has 0 bridgehead atoms. The van der Waals surface area contributed by atoms with E-state index in [1.165, 1.54) is 55.1 Å². The molecule has 0 heterocycles. The first-order chi connectivity index (χ1) is 16.7. The molecule has 0 radical (unpaired) electrons. The number of thioether (sulfide) groups is 1. The van der Waals surface area contributed by atoms with Crippen molar-refractivity contribution in [1.29, 1.82) is 0 Å². The average molecular weight is 494 g/mol. The van der Waals surface area contributed by atoms with Crippen molar-refractivity contribution >= 4 is 23.6 Å². The third kappa shape index (κ3) is 4.81. The van der Waals surface area contributed by atoms with Gasteiger partial charge in [0.2, 0.25) is 5.75 Å². The molecule has 0 fully saturated rings. The molecule has 0 unspecified atom stereocenters. The van der Waals surface area contributed by atoms with E-state index in [9.17, 15) is 29.7 Å². The number of aryl methyl sites for hydroxylation is 1. The van der Waals surface area contributed by atoms with Gasteiger partial charge in [-0.2, -0.15) is 0 Å². The summed E-state index contributed by atoms with van der Waals surface area (Å²) in [6.45, 7) is 1.28. The quantitative estimate of drug-likeness (QED) is 0.186. The number of nitrogens with one attached hydrogen (secondary N) is 1. The highest BCUT2D eigenvalue weighted by Gasteiger charge is 2.28. The summed E-state index contributed by atoms with van der Waals surface area (Å²) in [5, 5.41) is 33.9. The van der Waals surface area contributed by atoms with Gasteiger partial charge in [-0.05, 0) is 78.3 Å². The van der Waals surface area contributed by atoms with Gasteiger partial charge in [-0.3, -0.25) is 14.4 Å². The number of hydrogen-bond acceptors (Lipinski definition) is 8. The number of aromatic hydroxyl groups is 3. The van der Waals surface area contributed by atoms with Gasteiger partial charge in [-0.1, -0.05) is 6.07 Å². The number of fused-ring (bicyclic) bond motifs is 3. The van der Waals surface area contributed by atoms with Crippen LogP contribution in [0.4, 0.5) is 0 Å². The van der Waals surface area contributed by atoms with Gasteiger partial charge in [-0.15, -0.1) is 11.8 Å². The fourth-order valence-electron chi connectivity index (χ4n) is 4.19. The lowest BCUT2D eigenvalue weighted by Gasteiger charge is -2.19. The van der Waals surface area contributed by atoms with Gasteiger partial charge < -0.3 is 25.4 Å². The van der Waals surface area contributed by atoms with E-state index in [0.717, 1.165) is 0 Å². The van der Waals surface area contributed by atoms with Crippen molar-refractivity contribution in [1.82, 2.24) is 5.32 Å². The molecule has 1 amide bonds. The topological polar surface area (TPSA) is 133 Å². The molecular weight excluding hydrogens is 470 g/mol. The Kier molecular flexibility index (Phi) is 6.70. The summed E-state index contributed by atoms with van der Waals surface area (Å²) >= 11 is 1.27. The smallest absolute Gasteiger partial charge is 0.308 e. The molecule has 0 aliphatic heterocycles. The van der Waals surface area contributed by atoms with Gasteiger partial charge in [-0.25, -0.2) is 0 Å². The van der Waals surface area contributed by atoms with Crippen LogP contribution in [0.2, 0.25) is 0 Å². The van der Waals surface area contributed by atoms with Crippen LogP contribution in [-0.2, 0) is 11.2 Å². The van der Waals surface area contributed by atoms with Crippen LogP contribution in [0.3, 0.4) is 0 Å². The van der Waals surface area contributed by atoms with E-state index in [-0.39, 0.29) is 5.43 Å². The Balaban J connectivity index is 1.79. The monoisotopic (exact) mass is 493 g/mol. The van der Waals surface area contributed by atoms with Crippen LogP contribution in [-0.4, -0.2) is 33.5 Å². The van der Waals surface area contributed by atoms with Crippen LogP contribution in [0.1, 0.15) is 40.9 Å². The fraction of sp³-hybridized carbons (Fsp3) is 0.192. The van der Waals surface area contributed by atoms with Crippen molar-refractivity contribution in [3.05, 3.63) is 75.4 Å². The van der Waals surface area contributed by atoms with Crippen LogP contribution in [0.15, 0.2) is 58.2 Å². The summed E-state index contributed by atoms with van der Waals surface area (Å²) in [7, 11) is 0. The molecular formula is C26H23NO7S. The molecule has 0 spiro atoms. The van der Waals surface area contributed by atoms with Crippen molar-refractivity contribution in [3.63, 3.8) is 0 Å². The molecule has 8 nitrogen and oxygen atoms in total. The Morgan fingerprint density at radius 2 is 1.74 bits per heavy atom. The summed E-state index contributed by atoms with van der Waals surface area (Å²) in [5.41, 5.74) is 1.92. The zero-order valence-corrected chi connectivity index (χ0v) is 19.8. The van der Waals surface area contributed by atoms with E-state index >= 15 is 0 Å². The predicted molar refractivity (Wildman–Crippen MR) is 131 cm³/mol. The number of phenols is 3. The van der Waals surface area contributed by atoms with Gasteiger partial charge in [0.05, 0.1) is 10.9 Å². The zero-order chi connectivity index (χ0) is 25.3. The molecule has 0 saturated carbocycles. The summed E-state index contributed by atoms with van der Waals surface area (Å²) in [4.78, 5) is 37.5. The molecule has 1 aliphatic carbocycles. The maximum atomic E-state index is 13.1. The Morgan fingerprint density at radius 1 is 1.03 bits per heavy atom. The molecule has 9 heteroatoms. The third-order valence-electron chi connectivity index (χ3n) is 5.83.